The normalized spacial score (nSPS) is 10.4. The van der Waals surface area contributed by atoms with Crippen LogP contribution < -0.4 is 10.5 Å². The summed E-state index contributed by atoms with van der Waals surface area (Å²) < 4.78 is 1.16. The van der Waals surface area contributed by atoms with Gasteiger partial charge in [0.2, 0.25) is 0 Å². The van der Waals surface area contributed by atoms with Crippen LogP contribution in [0.5, 0.6) is 0 Å². The summed E-state index contributed by atoms with van der Waals surface area (Å²) >= 11 is 0. The van der Waals surface area contributed by atoms with Crippen LogP contribution in [0.3, 0.4) is 0 Å². The van der Waals surface area contributed by atoms with E-state index in [1.54, 1.807) is 0 Å². The van der Waals surface area contributed by atoms with Crippen LogP contribution in [0.2, 0.25) is 0 Å². The van der Waals surface area contributed by atoms with Gasteiger partial charge in [0, 0.05) is 13.1 Å². The van der Waals surface area contributed by atoms with Gasteiger partial charge in [-0.3, -0.25) is 9.89 Å². The molecule has 0 atom stereocenters. The van der Waals surface area contributed by atoms with E-state index in [0.717, 1.165) is 4.52 Å². The van der Waals surface area contributed by atoms with Crippen molar-refractivity contribution in [1.82, 2.24) is 19.6 Å². The van der Waals surface area contributed by atoms with Crippen LogP contribution in [0.4, 0.5) is 5.82 Å². The van der Waals surface area contributed by atoms with E-state index in [2.05, 4.69) is 15.1 Å². The number of aromatic nitrogens is 4. The third kappa shape index (κ3) is 1.63. The van der Waals surface area contributed by atoms with Crippen LogP contribution in [0, 0.1) is 11.3 Å². The second-order valence-electron chi connectivity index (χ2n) is 3.42. The molecule has 1 N–H and O–H groups in total. The molecule has 0 fully saturated rings. The van der Waals surface area contributed by atoms with E-state index in [1.807, 2.05) is 24.8 Å². The summed E-state index contributed by atoms with van der Waals surface area (Å²) in [5.74, 6) is 0.672. The highest BCUT2D eigenvalue weighted by molar-refractivity contribution is 5.55. The summed E-state index contributed by atoms with van der Waals surface area (Å²) in [5.41, 5.74) is -0.382. The summed E-state index contributed by atoms with van der Waals surface area (Å²) in [6, 6.07) is 1.91. The Labute approximate surface area is 97.3 Å². The van der Waals surface area contributed by atoms with Gasteiger partial charge in [0.1, 0.15) is 12.4 Å². The van der Waals surface area contributed by atoms with Crippen LogP contribution >= 0.6 is 0 Å². The Bertz CT molecular complexity index is 630. The van der Waals surface area contributed by atoms with E-state index >= 15 is 0 Å². The second-order valence-corrected chi connectivity index (χ2v) is 3.42. The van der Waals surface area contributed by atoms with Crippen molar-refractivity contribution in [3.8, 4) is 6.07 Å². The lowest BCUT2D eigenvalue weighted by molar-refractivity contribution is 0.822. The standard InChI is InChI=1S/C10H12N6O/c1-3-15(4-2)8-7(5-11)9(17)16-10(14-8)12-6-13-16/h6H,3-4H2,1-2H3,(H,12,13,14). The topological polar surface area (TPSA) is 90.1 Å². The lowest BCUT2D eigenvalue weighted by Gasteiger charge is -2.19. The molecule has 17 heavy (non-hydrogen) atoms. The van der Waals surface area contributed by atoms with Crippen LogP contribution in [0.15, 0.2) is 11.1 Å². The van der Waals surface area contributed by atoms with E-state index in [9.17, 15) is 4.79 Å². The number of anilines is 1. The molecule has 0 bridgehead atoms. The molecular weight excluding hydrogens is 220 g/mol. The summed E-state index contributed by atoms with van der Waals surface area (Å²) in [6.07, 6.45) is 1.37. The molecule has 0 unspecified atom stereocenters. The monoisotopic (exact) mass is 232 g/mol. The molecule has 2 rings (SSSR count). The Balaban J connectivity index is 2.78. The van der Waals surface area contributed by atoms with Crippen molar-refractivity contribution in [2.45, 2.75) is 13.8 Å². The third-order valence-corrected chi connectivity index (χ3v) is 2.59. The molecule has 7 heteroatoms. The molecule has 7 nitrogen and oxygen atoms in total. The van der Waals surface area contributed by atoms with Crippen molar-refractivity contribution in [1.29, 1.82) is 5.26 Å². The SMILES string of the molecule is CCN(CC)c1nc2nc[nH]n2c(=O)c1C#N. The van der Waals surface area contributed by atoms with Gasteiger partial charge in [-0.25, -0.2) is 4.98 Å². The highest BCUT2D eigenvalue weighted by Crippen LogP contribution is 2.13. The van der Waals surface area contributed by atoms with Crippen LogP contribution in [-0.4, -0.2) is 32.7 Å². The van der Waals surface area contributed by atoms with Crippen molar-refractivity contribution >= 4 is 11.6 Å². The number of rotatable bonds is 3. The van der Waals surface area contributed by atoms with Crippen LogP contribution in [-0.2, 0) is 0 Å². The Morgan fingerprint density at radius 1 is 1.53 bits per heavy atom. The van der Waals surface area contributed by atoms with Gasteiger partial charge in [0.25, 0.3) is 11.3 Å². The lowest BCUT2D eigenvalue weighted by Crippen LogP contribution is -2.29. The lowest BCUT2D eigenvalue weighted by atomic mass is 10.3. The molecule has 0 radical (unpaired) electrons. The fourth-order valence-corrected chi connectivity index (χ4v) is 1.70. The Morgan fingerprint density at radius 2 is 2.24 bits per heavy atom. The molecule has 88 valence electrons. The van der Waals surface area contributed by atoms with Crippen LogP contribution in [0.25, 0.3) is 5.78 Å². The number of nitrogens with zero attached hydrogens (tertiary/aromatic N) is 5. The first-order chi connectivity index (χ1) is 8.22. The molecule has 0 aliphatic rings. The molecule has 0 aromatic carbocycles. The minimum absolute atomic E-state index is 0.0375. The smallest absolute Gasteiger partial charge is 0.294 e. The minimum atomic E-state index is -0.420. The molecule has 2 aromatic heterocycles. The Kier molecular flexibility index (Phi) is 2.78. The summed E-state index contributed by atoms with van der Waals surface area (Å²) in [4.78, 5) is 22.0. The zero-order chi connectivity index (χ0) is 12.4. The van der Waals surface area contributed by atoms with Crippen molar-refractivity contribution in [3.05, 3.63) is 22.2 Å². The average Bonchev–Trinajstić information content (AvgIpc) is 2.79. The van der Waals surface area contributed by atoms with E-state index < -0.39 is 5.56 Å². The first kappa shape index (κ1) is 11.1. The maximum atomic E-state index is 12.0. The number of hydrogen-bond acceptors (Lipinski definition) is 5. The maximum absolute atomic E-state index is 12.0. The number of aromatic amines is 1. The fourth-order valence-electron chi connectivity index (χ4n) is 1.70. The maximum Gasteiger partial charge on any atom is 0.294 e. The van der Waals surface area contributed by atoms with Crippen LogP contribution in [0.1, 0.15) is 19.4 Å². The van der Waals surface area contributed by atoms with Crippen molar-refractivity contribution < 1.29 is 0 Å². The first-order valence-electron chi connectivity index (χ1n) is 5.34. The number of hydrogen-bond donors (Lipinski definition) is 1. The number of H-pyrrole nitrogens is 1. The van der Waals surface area contributed by atoms with E-state index in [-0.39, 0.29) is 11.3 Å². The third-order valence-electron chi connectivity index (χ3n) is 2.59. The second kappa shape index (κ2) is 4.25. The van der Waals surface area contributed by atoms with Crippen molar-refractivity contribution in [2.75, 3.05) is 18.0 Å². The first-order valence-corrected chi connectivity index (χ1v) is 5.34. The van der Waals surface area contributed by atoms with Crippen molar-refractivity contribution in [2.24, 2.45) is 0 Å². The largest absolute Gasteiger partial charge is 0.356 e. The van der Waals surface area contributed by atoms with Gasteiger partial charge < -0.3 is 4.90 Å². The van der Waals surface area contributed by atoms with Gasteiger partial charge in [-0.2, -0.15) is 14.8 Å². The highest BCUT2D eigenvalue weighted by atomic mass is 16.1. The Hall–Kier alpha value is -2.36. The average molecular weight is 232 g/mol. The fraction of sp³-hybridized carbons (Fsp3) is 0.400. The number of nitrogens with one attached hydrogen (secondary N) is 1. The van der Waals surface area contributed by atoms with Gasteiger partial charge in [-0.05, 0) is 13.8 Å². The molecular formula is C10H12N6O. The number of fused-ring (bicyclic) bond motifs is 1. The van der Waals surface area contributed by atoms with E-state index in [4.69, 9.17) is 5.26 Å². The summed E-state index contributed by atoms with van der Waals surface area (Å²) in [5, 5.41) is 11.7. The Morgan fingerprint density at radius 3 is 2.82 bits per heavy atom. The molecule has 0 spiro atoms. The van der Waals surface area contributed by atoms with Crippen molar-refractivity contribution in [3.63, 3.8) is 0 Å². The molecule has 0 aliphatic heterocycles. The number of nitriles is 1. The highest BCUT2D eigenvalue weighted by Gasteiger charge is 2.17. The van der Waals surface area contributed by atoms with Gasteiger partial charge in [-0.1, -0.05) is 0 Å². The zero-order valence-corrected chi connectivity index (χ0v) is 9.64. The molecule has 0 saturated carbocycles. The molecule has 0 saturated heterocycles. The predicted molar refractivity (Wildman–Crippen MR) is 61.9 cm³/mol. The van der Waals surface area contributed by atoms with Gasteiger partial charge >= 0.3 is 0 Å². The van der Waals surface area contributed by atoms with E-state index in [0.29, 0.717) is 18.9 Å². The molecule has 0 amide bonds. The quantitative estimate of drug-likeness (QED) is 0.812. The predicted octanol–water partition coefficient (Wildman–Crippen LogP) is 0.135. The van der Waals surface area contributed by atoms with Gasteiger partial charge in [0.15, 0.2) is 11.4 Å². The van der Waals surface area contributed by atoms with E-state index in [1.165, 1.54) is 6.33 Å². The van der Waals surface area contributed by atoms with Gasteiger partial charge in [0.05, 0.1) is 0 Å². The summed E-state index contributed by atoms with van der Waals surface area (Å²) in [7, 11) is 0. The minimum Gasteiger partial charge on any atom is -0.356 e. The molecule has 2 aromatic rings. The zero-order valence-electron chi connectivity index (χ0n) is 9.64. The summed E-state index contributed by atoms with van der Waals surface area (Å²) in [6.45, 7) is 5.24. The van der Waals surface area contributed by atoms with Gasteiger partial charge in [-0.15, -0.1) is 0 Å². The molecule has 2 heterocycles. The molecule has 0 aliphatic carbocycles.